The molecule has 1 fully saturated rings. The average Bonchev–Trinajstić information content (AvgIpc) is 3.05. The number of nitrogens with two attached hydrogens (primary N) is 1. The summed E-state index contributed by atoms with van der Waals surface area (Å²) in [6.45, 7) is 0.332. The molecule has 22 heavy (non-hydrogen) atoms. The van der Waals surface area contributed by atoms with Crippen molar-refractivity contribution in [3.05, 3.63) is 29.9 Å². The van der Waals surface area contributed by atoms with Crippen molar-refractivity contribution in [2.24, 2.45) is 11.1 Å². The second kappa shape index (κ2) is 5.75. The molecule has 2 aromatic heterocycles. The fourth-order valence-electron chi connectivity index (χ4n) is 2.45. The molecule has 1 unspecified atom stereocenters. The Bertz CT molecular complexity index is 789. The molecule has 1 aliphatic rings. The van der Waals surface area contributed by atoms with Gasteiger partial charge in [-0.2, -0.15) is 0 Å². The van der Waals surface area contributed by atoms with Gasteiger partial charge < -0.3 is 0 Å². The van der Waals surface area contributed by atoms with E-state index in [1.165, 1.54) is 16.2 Å². The highest BCUT2D eigenvalue weighted by atomic mass is 32.2. The molecule has 2 N–H and O–H groups in total. The largest absolute Gasteiger partial charge is 0.288 e. The van der Waals surface area contributed by atoms with E-state index in [1.54, 1.807) is 12.4 Å². The molecular weight excluding hydrogens is 324 g/mol. The molecule has 1 saturated heterocycles. The molecule has 0 aromatic carbocycles. The van der Waals surface area contributed by atoms with Gasteiger partial charge in [0.15, 0.2) is 5.13 Å². The van der Waals surface area contributed by atoms with Crippen molar-refractivity contribution in [3.8, 4) is 11.3 Å². The molecule has 0 saturated carbocycles. The molecule has 7 nitrogen and oxygen atoms in total. The van der Waals surface area contributed by atoms with Crippen molar-refractivity contribution in [1.29, 1.82) is 0 Å². The molecule has 0 bridgehead atoms. The van der Waals surface area contributed by atoms with E-state index in [9.17, 15) is 13.2 Å². The second-order valence-electron chi connectivity index (χ2n) is 5.16. The number of aromatic nitrogens is 2. The zero-order chi connectivity index (χ0) is 15.7. The highest BCUT2D eigenvalue weighted by Crippen LogP contribution is 2.31. The Morgan fingerprint density at radius 2 is 2.09 bits per heavy atom. The van der Waals surface area contributed by atoms with E-state index in [0.29, 0.717) is 11.7 Å². The van der Waals surface area contributed by atoms with Crippen LogP contribution in [0.25, 0.3) is 11.3 Å². The van der Waals surface area contributed by atoms with Gasteiger partial charge in [-0.3, -0.25) is 14.7 Å². The van der Waals surface area contributed by atoms with Crippen LogP contribution in [0.4, 0.5) is 5.13 Å². The number of primary sulfonamides is 1. The Hall–Kier alpha value is -1.84. The molecule has 2 aromatic rings. The standard InChI is InChI=1S/C13H14N4O3S2/c14-22(19,20)8-9-5-12(18)17(6-9)13-16-11(7-21-13)10-1-3-15-4-2-10/h1-4,7,9H,5-6,8H2,(H2,14,19,20). The fourth-order valence-corrected chi connectivity index (χ4v) is 4.19. The SMILES string of the molecule is NS(=O)(=O)CC1CC(=O)N(c2nc(-c3ccncc3)cs2)C1. The quantitative estimate of drug-likeness (QED) is 0.889. The number of nitrogens with zero attached hydrogens (tertiary/aromatic N) is 3. The number of carbonyl (C=O) groups is 1. The lowest BCUT2D eigenvalue weighted by Crippen LogP contribution is -2.27. The summed E-state index contributed by atoms with van der Waals surface area (Å²) in [6, 6.07) is 3.68. The minimum Gasteiger partial charge on any atom is -0.288 e. The monoisotopic (exact) mass is 338 g/mol. The number of thiazole rings is 1. The Labute approximate surface area is 131 Å². The van der Waals surface area contributed by atoms with Gasteiger partial charge in [0, 0.05) is 42.2 Å². The fraction of sp³-hybridized carbons (Fsp3) is 0.308. The van der Waals surface area contributed by atoms with Gasteiger partial charge >= 0.3 is 0 Å². The van der Waals surface area contributed by atoms with Crippen LogP contribution in [0.2, 0.25) is 0 Å². The van der Waals surface area contributed by atoms with Gasteiger partial charge in [0.05, 0.1) is 11.4 Å². The third-order valence-corrected chi connectivity index (χ3v) is 5.17. The van der Waals surface area contributed by atoms with E-state index in [0.717, 1.165) is 11.3 Å². The first kappa shape index (κ1) is 15.1. The normalized spacial score (nSPS) is 18.9. The molecule has 1 amide bonds. The summed E-state index contributed by atoms with van der Waals surface area (Å²) in [5, 5.41) is 7.49. The minimum absolute atomic E-state index is 0.121. The van der Waals surface area contributed by atoms with Crippen LogP contribution < -0.4 is 10.0 Å². The summed E-state index contributed by atoms with van der Waals surface area (Å²) in [5.41, 5.74) is 1.69. The minimum atomic E-state index is -3.58. The Balaban J connectivity index is 1.78. The van der Waals surface area contributed by atoms with Crippen molar-refractivity contribution in [2.75, 3.05) is 17.2 Å². The van der Waals surface area contributed by atoms with E-state index in [4.69, 9.17) is 5.14 Å². The van der Waals surface area contributed by atoms with E-state index >= 15 is 0 Å². The van der Waals surface area contributed by atoms with Crippen LogP contribution in [0.1, 0.15) is 6.42 Å². The van der Waals surface area contributed by atoms with Crippen LogP contribution in [0, 0.1) is 5.92 Å². The van der Waals surface area contributed by atoms with Crippen molar-refractivity contribution >= 4 is 32.4 Å². The highest BCUT2D eigenvalue weighted by Gasteiger charge is 2.34. The summed E-state index contributed by atoms with van der Waals surface area (Å²) in [7, 11) is -3.58. The first-order valence-electron chi connectivity index (χ1n) is 6.59. The first-order chi connectivity index (χ1) is 10.4. The molecule has 9 heteroatoms. The number of amides is 1. The molecule has 0 spiro atoms. The second-order valence-corrected chi connectivity index (χ2v) is 7.65. The van der Waals surface area contributed by atoms with Crippen LogP contribution in [-0.2, 0) is 14.8 Å². The Kier molecular flexibility index (Phi) is 3.94. The number of carbonyl (C=O) groups excluding carboxylic acids is 1. The van der Waals surface area contributed by atoms with Crippen LogP contribution in [0.15, 0.2) is 29.9 Å². The summed E-state index contributed by atoms with van der Waals surface area (Å²) < 4.78 is 22.3. The van der Waals surface area contributed by atoms with Gasteiger partial charge in [-0.25, -0.2) is 18.5 Å². The van der Waals surface area contributed by atoms with Gasteiger partial charge in [-0.15, -0.1) is 11.3 Å². The first-order valence-corrected chi connectivity index (χ1v) is 9.18. The number of sulfonamides is 1. The van der Waals surface area contributed by atoms with Crippen molar-refractivity contribution < 1.29 is 13.2 Å². The predicted octanol–water partition coefficient (Wildman–Crippen LogP) is 0.847. The highest BCUT2D eigenvalue weighted by molar-refractivity contribution is 7.89. The van der Waals surface area contributed by atoms with E-state index in [-0.39, 0.29) is 24.0 Å². The molecule has 3 heterocycles. The van der Waals surface area contributed by atoms with Gasteiger partial charge in [0.2, 0.25) is 15.9 Å². The molecule has 1 atom stereocenters. The number of anilines is 1. The Morgan fingerprint density at radius 1 is 1.36 bits per heavy atom. The molecule has 116 valence electrons. The molecule has 1 aliphatic heterocycles. The van der Waals surface area contributed by atoms with Crippen LogP contribution in [0.5, 0.6) is 0 Å². The number of hydrogen-bond donors (Lipinski definition) is 1. The van der Waals surface area contributed by atoms with E-state index in [1.807, 2.05) is 17.5 Å². The van der Waals surface area contributed by atoms with Crippen LogP contribution in [0.3, 0.4) is 0 Å². The molecule has 3 rings (SSSR count). The van der Waals surface area contributed by atoms with Crippen LogP contribution in [-0.4, -0.2) is 36.6 Å². The lowest BCUT2D eigenvalue weighted by Gasteiger charge is -2.12. The topological polar surface area (TPSA) is 106 Å². The average molecular weight is 338 g/mol. The number of hydrogen-bond acceptors (Lipinski definition) is 6. The summed E-state index contributed by atoms with van der Waals surface area (Å²) in [4.78, 5) is 22.0. The van der Waals surface area contributed by atoms with Crippen molar-refractivity contribution in [1.82, 2.24) is 9.97 Å². The smallest absolute Gasteiger partial charge is 0.229 e. The number of rotatable bonds is 4. The van der Waals surface area contributed by atoms with E-state index < -0.39 is 10.0 Å². The van der Waals surface area contributed by atoms with Crippen LogP contribution >= 0.6 is 11.3 Å². The van der Waals surface area contributed by atoms with Crippen molar-refractivity contribution in [2.45, 2.75) is 6.42 Å². The summed E-state index contributed by atoms with van der Waals surface area (Å²) in [5.74, 6) is -0.585. The maximum atomic E-state index is 12.1. The summed E-state index contributed by atoms with van der Waals surface area (Å²) >= 11 is 1.36. The maximum Gasteiger partial charge on any atom is 0.229 e. The molecular formula is C13H14N4O3S2. The Morgan fingerprint density at radius 3 is 2.77 bits per heavy atom. The molecule has 0 radical (unpaired) electrons. The third kappa shape index (κ3) is 3.32. The van der Waals surface area contributed by atoms with E-state index in [2.05, 4.69) is 9.97 Å². The number of pyridine rings is 1. The zero-order valence-electron chi connectivity index (χ0n) is 11.5. The maximum absolute atomic E-state index is 12.1. The van der Waals surface area contributed by atoms with Gasteiger partial charge in [0.1, 0.15) is 0 Å². The lowest BCUT2D eigenvalue weighted by atomic mass is 10.1. The molecule has 0 aliphatic carbocycles. The predicted molar refractivity (Wildman–Crippen MR) is 83.8 cm³/mol. The third-order valence-electron chi connectivity index (χ3n) is 3.37. The van der Waals surface area contributed by atoms with Gasteiger partial charge in [-0.05, 0) is 12.1 Å². The zero-order valence-corrected chi connectivity index (χ0v) is 13.2. The lowest BCUT2D eigenvalue weighted by molar-refractivity contribution is -0.117. The van der Waals surface area contributed by atoms with Gasteiger partial charge in [0.25, 0.3) is 0 Å². The summed E-state index contributed by atoms with van der Waals surface area (Å²) in [6.07, 6.45) is 3.54. The van der Waals surface area contributed by atoms with Crippen molar-refractivity contribution in [3.63, 3.8) is 0 Å². The van der Waals surface area contributed by atoms with Gasteiger partial charge in [-0.1, -0.05) is 0 Å².